The van der Waals surface area contributed by atoms with Crippen molar-refractivity contribution >= 4 is 92.1 Å². The van der Waals surface area contributed by atoms with Crippen LogP contribution in [0.15, 0.2) is 168 Å². The lowest BCUT2D eigenvalue weighted by Crippen LogP contribution is -2.10. The van der Waals surface area contributed by atoms with E-state index in [1.54, 1.807) is 0 Å². The normalized spacial score (nSPS) is 11.8. The molecule has 0 aliphatic rings. The molecule has 0 saturated carbocycles. The molecular weight excluding hydrogens is 591 g/mol. The first-order chi connectivity index (χ1) is 23.3. The fourth-order valence-electron chi connectivity index (χ4n) is 7.29. The zero-order chi connectivity index (χ0) is 30.9. The molecule has 10 rings (SSSR count). The molecule has 0 aliphatic heterocycles. The van der Waals surface area contributed by atoms with Crippen molar-refractivity contribution in [3.63, 3.8) is 0 Å². The molecule has 2 nitrogen and oxygen atoms in total. The molecule has 0 amide bonds. The van der Waals surface area contributed by atoms with Crippen LogP contribution >= 0.6 is 11.3 Å². The average Bonchev–Trinajstić information content (AvgIpc) is 3.71. The zero-order valence-electron chi connectivity index (χ0n) is 25.4. The Balaban J connectivity index is 1.25. The van der Waals surface area contributed by atoms with Crippen LogP contribution in [0.1, 0.15) is 0 Å². The first-order valence-electron chi connectivity index (χ1n) is 15.9. The third kappa shape index (κ3) is 4.10. The van der Waals surface area contributed by atoms with Crippen molar-refractivity contribution in [2.75, 3.05) is 4.90 Å². The molecule has 0 spiro atoms. The van der Waals surface area contributed by atoms with Crippen LogP contribution in [0.2, 0.25) is 0 Å². The second kappa shape index (κ2) is 10.3. The smallest absolute Gasteiger partial charge is 0.143 e. The van der Waals surface area contributed by atoms with E-state index in [1.165, 1.54) is 47.5 Å². The predicted molar refractivity (Wildman–Crippen MR) is 202 cm³/mol. The molecule has 3 heteroatoms. The molecule has 10 aromatic rings. The Morgan fingerprint density at radius 1 is 0.447 bits per heavy atom. The van der Waals surface area contributed by atoms with Crippen LogP contribution in [-0.2, 0) is 0 Å². The predicted octanol–water partition coefficient (Wildman–Crippen LogP) is 13.4. The standard InChI is InChI=1S/C44H27NOS/c1-2-12-30-26-33(24-22-28(30)10-1)45(38-18-9-19-39-43(38)37-25-23-29-11-3-4-15-35(29)44(37)46-39)32-14-7-13-31(27-32)34-17-8-21-41-42(34)36-16-5-6-20-40(36)47-41/h1-27H. The second-order valence-corrected chi connectivity index (χ2v) is 13.2. The van der Waals surface area contributed by atoms with Gasteiger partial charge in [-0.05, 0) is 81.9 Å². The minimum Gasteiger partial charge on any atom is -0.455 e. The van der Waals surface area contributed by atoms with Crippen molar-refractivity contribution in [3.05, 3.63) is 164 Å². The molecule has 0 N–H and O–H groups in total. The minimum absolute atomic E-state index is 0.880. The lowest BCUT2D eigenvalue weighted by molar-refractivity contribution is 0.672. The van der Waals surface area contributed by atoms with Gasteiger partial charge in [-0.1, -0.05) is 109 Å². The Labute approximate surface area is 275 Å². The van der Waals surface area contributed by atoms with Crippen LogP contribution in [0.4, 0.5) is 17.1 Å². The van der Waals surface area contributed by atoms with Gasteiger partial charge in [-0.15, -0.1) is 11.3 Å². The van der Waals surface area contributed by atoms with Gasteiger partial charge >= 0.3 is 0 Å². The van der Waals surface area contributed by atoms with Crippen LogP contribution < -0.4 is 4.90 Å². The van der Waals surface area contributed by atoms with E-state index < -0.39 is 0 Å². The molecule has 0 radical (unpaired) electrons. The molecule has 0 atom stereocenters. The fraction of sp³-hybridized carbons (Fsp3) is 0. The summed E-state index contributed by atoms with van der Waals surface area (Å²) < 4.78 is 9.27. The maximum atomic E-state index is 6.65. The zero-order valence-corrected chi connectivity index (χ0v) is 26.2. The molecule has 2 heterocycles. The second-order valence-electron chi connectivity index (χ2n) is 12.1. The number of hydrogen-bond donors (Lipinski definition) is 0. The van der Waals surface area contributed by atoms with E-state index >= 15 is 0 Å². The average molecular weight is 618 g/mol. The summed E-state index contributed by atoms with van der Waals surface area (Å²) in [6.07, 6.45) is 0. The minimum atomic E-state index is 0.880. The number of thiophene rings is 1. The number of hydrogen-bond acceptors (Lipinski definition) is 3. The number of fused-ring (bicyclic) bond motifs is 9. The Kier molecular flexibility index (Phi) is 5.78. The molecule has 220 valence electrons. The molecule has 0 aliphatic carbocycles. The molecule has 0 saturated heterocycles. The van der Waals surface area contributed by atoms with Gasteiger partial charge in [0.05, 0.1) is 11.1 Å². The summed E-state index contributed by atoms with van der Waals surface area (Å²) >= 11 is 1.86. The first-order valence-corrected chi connectivity index (χ1v) is 16.7. The van der Waals surface area contributed by atoms with Crippen molar-refractivity contribution < 1.29 is 4.42 Å². The molecule has 0 unspecified atom stereocenters. The number of benzene rings is 8. The molecule has 0 bridgehead atoms. The first kappa shape index (κ1) is 26.3. The summed E-state index contributed by atoms with van der Waals surface area (Å²) in [5, 5.41) is 9.58. The highest BCUT2D eigenvalue weighted by molar-refractivity contribution is 7.25. The fourth-order valence-corrected chi connectivity index (χ4v) is 8.42. The summed E-state index contributed by atoms with van der Waals surface area (Å²) in [7, 11) is 0. The lowest BCUT2D eigenvalue weighted by Gasteiger charge is -2.27. The van der Waals surface area contributed by atoms with E-state index in [0.29, 0.717) is 0 Å². The van der Waals surface area contributed by atoms with Gasteiger partial charge < -0.3 is 9.32 Å². The van der Waals surface area contributed by atoms with Crippen LogP contribution in [0.5, 0.6) is 0 Å². The van der Waals surface area contributed by atoms with Crippen LogP contribution in [0.3, 0.4) is 0 Å². The summed E-state index contributed by atoms with van der Waals surface area (Å²) in [6.45, 7) is 0. The number of rotatable bonds is 4. The van der Waals surface area contributed by atoms with Gasteiger partial charge in [0, 0.05) is 42.3 Å². The summed E-state index contributed by atoms with van der Waals surface area (Å²) in [4.78, 5) is 2.40. The number of nitrogens with zero attached hydrogens (tertiary/aromatic N) is 1. The van der Waals surface area contributed by atoms with Gasteiger partial charge in [-0.3, -0.25) is 0 Å². The van der Waals surface area contributed by atoms with E-state index in [2.05, 4.69) is 169 Å². The third-order valence-corrected chi connectivity index (χ3v) is 10.6. The number of anilines is 3. The maximum Gasteiger partial charge on any atom is 0.143 e. The van der Waals surface area contributed by atoms with E-state index in [0.717, 1.165) is 44.4 Å². The van der Waals surface area contributed by atoms with Gasteiger partial charge in [0.2, 0.25) is 0 Å². The van der Waals surface area contributed by atoms with Gasteiger partial charge in [-0.2, -0.15) is 0 Å². The highest BCUT2D eigenvalue weighted by atomic mass is 32.1. The van der Waals surface area contributed by atoms with Gasteiger partial charge in [0.1, 0.15) is 11.2 Å². The maximum absolute atomic E-state index is 6.65. The summed E-state index contributed by atoms with van der Waals surface area (Å²) in [5.41, 5.74) is 7.53. The van der Waals surface area contributed by atoms with Crippen LogP contribution in [0, 0.1) is 0 Å². The van der Waals surface area contributed by atoms with E-state index in [4.69, 9.17) is 4.42 Å². The van der Waals surface area contributed by atoms with E-state index in [9.17, 15) is 0 Å². The topological polar surface area (TPSA) is 16.4 Å². The Morgan fingerprint density at radius 2 is 1.17 bits per heavy atom. The molecule has 8 aromatic carbocycles. The Bertz CT molecular complexity index is 2820. The quantitative estimate of drug-likeness (QED) is 0.195. The van der Waals surface area contributed by atoms with Gasteiger partial charge in [0.15, 0.2) is 0 Å². The third-order valence-electron chi connectivity index (χ3n) is 9.42. The molecule has 0 fully saturated rings. The van der Waals surface area contributed by atoms with Gasteiger partial charge in [-0.25, -0.2) is 0 Å². The molecule has 2 aromatic heterocycles. The molecular formula is C44H27NOS. The highest BCUT2D eigenvalue weighted by Gasteiger charge is 2.21. The van der Waals surface area contributed by atoms with E-state index in [-0.39, 0.29) is 0 Å². The van der Waals surface area contributed by atoms with Crippen LogP contribution in [-0.4, -0.2) is 0 Å². The van der Waals surface area contributed by atoms with Crippen LogP contribution in [0.25, 0.3) is 74.8 Å². The molecule has 47 heavy (non-hydrogen) atoms. The van der Waals surface area contributed by atoms with Crippen molar-refractivity contribution in [1.82, 2.24) is 0 Å². The summed E-state index contributed by atoms with van der Waals surface area (Å²) in [6, 6.07) is 59.0. The van der Waals surface area contributed by atoms with Crippen molar-refractivity contribution in [1.29, 1.82) is 0 Å². The highest BCUT2D eigenvalue weighted by Crippen LogP contribution is 2.46. The largest absolute Gasteiger partial charge is 0.455 e. The number of furan rings is 1. The van der Waals surface area contributed by atoms with E-state index in [1.807, 2.05) is 11.3 Å². The SMILES string of the molecule is c1cc(-c2cccc3sc4ccccc4c23)cc(N(c2ccc3ccccc3c2)c2cccc3oc4c5ccccc5ccc4c23)c1. The van der Waals surface area contributed by atoms with Crippen molar-refractivity contribution in [3.8, 4) is 11.1 Å². The Hall–Kier alpha value is -5.90. The van der Waals surface area contributed by atoms with Crippen molar-refractivity contribution in [2.24, 2.45) is 0 Å². The monoisotopic (exact) mass is 617 g/mol. The van der Waals surface area contributed by atoms with Gasteiger partial charge in [0.25, 0.3) is 0 Å². The summed E-state index contributed by atoms with van der Waals surface area (Å²) in [5.74, 6) is 0. The lowest BCUT2D eigenvalue weighted by atomic mass is 9.98. The Morgan fingerprint density at radius 3 is 2.11 bits per heavy atom. The van der Waals surface area contributed by atoms with Crippen molar-refractivity contribution in [2.45, 2.75) is 0 Å².